The maximum absolute atomic E-state index is 5.46. The number of ether oxygens (including phenoxy) is 3. The van der Waals surface area contributed by atoms with Gasteiger partial charge in [-0.1, -0.05) is 0 Å². The highest BCUT2D eigenvalue weighted by molar-refractivity contribution is 7.08. The van der Waals surface area contributed by atoms with Gasteiger partial charge in [0.2, 0.25) is 5.75 Å². The van der Waals surface area contributed by atoms with Gasteiger partial charge in [0.15, 0.2) is 23.1 Å². The van der Waals surface area contributed by atoms with Crippen molar-refractivity contribution in [3.63, 3.8) is 0 Å². The minimum absolute atomic E-state index is 0.531. The number of imidazole rings is 1. The van der Waals surface area contributed by atoms with E-state index in [0.717, 1.165) is 28.3 Å². The van der Waals surface area contributed by atoms with Gasteiger partial charge in [-0.15, -0.1) is 5.10 Å². The van der Waals surface area contributed by atoms with E-state index < -0.39 is 0 Å². The van der Waals surface area contributed by atoms with Crippen LogP contribution in [0.25, 0.3) is 16.9 Å². The summed E-state index contributed by atoms with van der Waals surface area (Å²) in [6.45, 7) is 3.87. The molecular weight excluding hydrogens is 390 g/mol. The van der Waals surface area contributed by atoms with Crippen molar-refractivity contribution in [2.24, 2.45) is 0 Å². The highest BCUT2D eigenvalue weighted by Gasteiger charge is 2.18. The van der Waals surface area contributed by atoms with E-state index >= 15 is 0 Å². The first-order valence-electron chi connectivity index (χ1n) is 8.89. The Morgan fingerprint density at radius 3 is 2.31 bits per heavy atom. The summed E-state index contributed by atoms with van der Waals surface area (Å²) in [6, 6.07) is 5.67. The summed E-state index contributed by atoms with van der Waals surface area (Å²) in [5.74, 6) is 3.70. The van der Waals surface area contributed by atoms with E-state index in [1.807, 2.05) is 47.3 Å². The van der Waals surface area contributed by atoms with E-state index in [9.17, 15) is 0 Å². The Hall–Kier alpha value is -3.33. The minimum Gasteiger partial charge on any atom is -0.493 e. The highest BCUT2D eigenvalue weighted by Crippen LogP contribution is 2.41. The SMILES string of the molecule is COc1cc(Nc2nc(-c3ccsc3)nn3c(C)nc(C)c23)cc(OC)c1OC. The molecule has 150 valence electrons. The summed E-state index contributed by atoms with van der Waals surface area (Å²) >= 11 is 1.60. The lowest BCUT2D eigenvalue weighted by atomic mass is 10.2. The van der Waals surface area contributed by atoms with E-state index in [-0.39, 0.29) is 0 Å². The lowest BCUT2D eigenvalue weighted by Crippen LogP contribution is -2.05. The molecule has 8 nitrogen and oxygen atoms in total. The van der Waals surface area contributed by atoms with Crippen molar-refractivity contribution in [1.82, 2.24) is 19.6 Å². The zero-order valence-electron chi connectivity index (χ0n) is 16.8. The van der Waals surface area contributed by atoms with Crippen LogP contribution in [0.4, 0.5) is 11.5 Å². The van der Waals surface area contributed by atoms with E-state index in [1.165, 1.54) is 0 Å². The number of nitrogens with zero attached hydrogens (tertiary/aromatic N) is 4. The molecule has 0 saturated heterocycles. The number of methoxy groups -OCH3 is 3. The normalized spacial score (nSPS) is 10.9. The standard InChI is InChI=1S/C20H21N5O3S/c1-11-17-20(22-14-8-15(26-3)18(28-5)16(9-14)27-4)23-19(13-6-7-29-10-13)24-25(17)12(2)21-11/h6-10H,1-5H3,(H,22,23,24). The predicted molar refractivity (Wildman–Crippen MR) is 113 cm³/mol. The topological polar surface area (TPSA) is 82.8 Å². The third kappa shape index (κ3) is 3.33. The molecule has 0 aliphatic rings. The number of aryl methyl sites for hydroxylation is 2. The number of fused-ring (bicyclic) bond motifs is 1. The first-order valence-corrected chi connectivity index (χ1v) is 9.83. The number of rotatable bonds is 6. The third-order valence-electron chi connectivity index (χ3n) is 4.53. The second-order valence-corrected chi connectivity index (χ2v) is 7.12. The van der Waals surface area contributed by atoms with Crippen LogP contribution in [0.2, 0.25) is 0 Å². The molecule has 1 aromatic carbocycles. The molecule has 0 aliphatic carbocycles. The Morgan fingerprint density at radius 2 is 1.72 bits per heavy atom. The largest absolute Gasteiger partial charge is 0.493 e. The molecule has 0 aliphatic heterocycles. The molecule has 0 fully saturated rings. The Balaban J connectivity index is 1.88. The van der Waals surface area contributed by atoms with Crippen LogP contribution in [0.1, 0.15) is 11.5 Å². The number of thiophene rings is 1. The van der Waals surface area contributed by atoms with Crippen molar-refractivity contribution < 1.29 is 14.2 Å². The molecule has 0 spiro atoms. The van der Waals surface area contributed by atoms with Crippen LogP contribution in [-0.2, 0) is 0 Å². The molecule has 9 heteroatoms. The monoisotopic (exact) mass is 411 g/mol. The Morgan fingerprint density at radius 1 is 1.00 bits per heavy atom. The van der Waals surface area contributed by atoms with Crippen LogP contribution < -0.4 is 19.5 Å². The number of hydrogen-bond acceptors (Lipinski definition) is 8. The van der Waals surface area contributed by atoms with Crippen molar-refractivity contribution in [3.8, 4) is 28.6 Å². The maximum atomic E-state index is 5.46. The van der Waals surface area contributed by atoms with Crippen LogP contribution in [0, 0.1) is 13.8 Å². The van der Waals surface area contributed by atoms with Gasteiger partial charge in [-0.25, -0.2) is 14.5 Å². The molecular formula is C20H21N5O3S. The third-order valence-corrected chi connectivity index (χ3v) is 5.22. The molecule has 1 N–H and O–H groups in total. The van der Waals surface area contributed by atoms with Crippen molar-refractivity contribution in [2.75, 3.05) is 26.6 Å². The molecule has 29 heavy (non-hydrogen) atoms. The van der Waals surface area contributed by atoms with Gasteiger partial charge in [-0.2, -0.15) is 11.3 Å². The summed E-state index contributed by atoms with van der Waals surface area (Å²) in [5.41, 5.74) is 3.36. The molecule has 0 radical (unpaired) electrons. The number of anilines is 2. The summed E-state index contributed by atoms with van der Waals surface area (Å²) in [5, 5.41) is 12.1. The second-order valence-electron chi connectivity index (χ2n) is 6.34. The minimum atomic E-state index is 0.531. The Kier molecular flexibility index (Phi) is 4.98. The van der Waals surface area contributed by atoms with Gasteiger partial charge >= 0.3 is 0 Å². The molecule has 0 saturated carbocycles. The summed E-state index contributed by atoms with van der Waals surface area (Å²) in [4.78, 5) is 9.34. The quantitative estimate of drug-likeness (QED) is 0.508. The average Bonchev–Trinajstić information content (AvgIpc) is 3.35. The Bertz CT molecular complexity index is 1150. The summed E-state index contributed by atoms with van der Waals surface area (Å²) < 4.78 is 18.1. The zero-order chi connectivity index (χ0) is 20.5. The van der Waals surface area contributed by atoms with Gasteiger partial charge in [-0.05, 0) is 25.3 Å². The van der Waals surface area contributed by atoms with Crippen molar-refractivity contribution in [3.05, 3.63) is 40.5 Å². The second kappa shape index (κ2) is 7.59. The molecule has 0 unspecified atom stereocenters. The van der Waals surface area contributed by atoms with Crippen LogP contribution in [-0.4, -0.2) is 40.9 Å². The first kappa shape index (κ1) is 19.0. The van der Waals surface area contributed by atoms with E-state index in [4.69, 9.17) is 19.2 Å². The van der Waals surface area contributed by atoms with Crippen molar-refractivity contribution >= 4 is 28.4 Å². The highest BCUT2D eigenvalue weighted by atomic mass is 32.1. The van der Waals surface area contributed by atoms with Crippen LogP contribution >= 0.6 is 11.3 Å². The number of aromatic nitrogens is 4. The Labute approximate surface area is 172 Å². The van der Waals surface area contributed by atoms with Crippen LogP contribution in [0.3, 0.4) is 0 Å². The molecule has 0 bridgehead atoms. The smallest absolute Gasteiger partial charge is 0.203 e. The number of hydrogen-bond donors (Lipinski definition) is 1. The summed E-state index contributed by atoms with van der Waals surface area (Å²) in [7, 11) is 4.75. The molecule has 0 atom stereocenters. The van der Waals surface area contributed by atoms with E-state index in [1.54, 1.807) is 32.7 Å². The van der Waals surface area contributed by atoms with Crippen LogP contribution in [0.5, 0.6) is 17.2 Å². The van der Waals surface area contributed by atoms with E-state index in [2.05, 4.69) is 15.4 Å². The van der Waals surface area contributed by atoms with Crippen molar-refractivity contribution in [2.45, 2.75) is 13.8 Å². The zero-order valence-corrected chi connectivity index (χ0v) is 17.6. The fourth-order valence-electron chi connectivity index (χ4n) is 3.22. The van der Waals surface area contributed by atoms with Gasteiger partial charge in [0.25, 0.3) is 0 Å². The fraction of sp³-hybridized carbons (Fsp3) is 0.250. The lowest BCUT2D eigenvalue weighted by molar-refractivity contribution is 0.324. The number of nitrogens with one attached hydrogen (secondary N) is 1. The van der Waals surface area contributed by atoms with Gasteiger partial charge in [-0.3, -0.25) is 0 Å². The van der Waals surface area contributed by atoms with Gasteiger partial charge in [0, 0.05) is 28.8 Å². The molecule has 3 aromatic heterocycles. The average molecular weight is 411 g/mol. The lowest BCUT2D eigenvalue weighted by Gasteiger charge is -2.15. The molecule has 0 amide bonds. The summed E-state index contributed by atoms with van der Waals surface area (Å²) in [6.07, 6.45) is 0. The molecule has 3 heterocycles. The number of benzene rings is 1. The maximum Gasteiger partial charge on any atom is 0.203 e. The van der Waals surface area contributed by atoms with Crippen molar-refractivity contribution in [1.29, 1.82) is 0 Å². The molecule has 4 aromatic rings. The first-order chi connectivity index (χ1) is 14.0. The fourth-order valence-corrected chi connectivity index (χ4v) is 3.85. The van der Waals surface area contributed by atoms with Gasteiger partial charge in [0.05, 0.1) is 27.0 Å². The van der Waals surface area contributed by atoms with Gasteiger partial charge < -0.3 is 19.5 Å². The van der Waals surface area contributed by atoms with E-state index in [0.29, 0.717) is 28.9 Å². The predicted octanol–water partition coefficient (Wildman–Crippen LogP) is 4.24. The molecule has 4 rings (SSSR count). The van der Waals surface area contributed by atoms with Crippen LogP contribution in [0.15, 0.2) is 29.0 Å². The van der Waals surface area contributed by atoms with Gasteiger partial charge in [0.1, 0.15) is 11.3 Å².